The molecule has 0 bridgehead atoms. The summed E-state index contributed by atoms with van der Waals surface area (Å²) in [4.78, 5) is 21.5. The molecule has 0 aliphatic rings. The Labute approximate surface area is 77.3 Å². The van der Waals surface area contributed by atoms with Gasteiger partial charge in [-0.05, 0) is 5.92 Å². The van der Waals surface area contributed by atoms with Crippen LogP contribution >= 0.6 is 0 Å². The lowest BCUT2D eigenvalue weighted by Crippen LogP contribution is -2.28. The fraction of sp³-hybridized carbons (Fsp3) is 0.750. The van der Waals surface area contributed by atoms with E-state index in [-0.39, 0.29) is 37.8 Å². The van der Waals surface area contributed by atoms with Crippen molar-refractivity contribution in [2.75, 3.05) is 13.2 Å². The molecule has 0 saturated heterocycles. The second-order valence-electron chi connectivity index (χ2n) is 3.05. The second-order valence-corrected chi connectivity index (χ2v) is 3.05. The van der Waals surface area contributed by atoms with E-state index in [0.717, 1.165) is 0 Å². The van der Waals surface area contributed by atoms with Crippen molar-refractivity contribution < 1.29 is 14.7 Å². The lowest BCUT2D eigenvalue weighted by Gasteiger charge is -2.08. The Kier molecular flexibility index (Phi) is 5.88. The number of primary amides is 1. The molecule has 5 heteroatoms. The van der Waals surface area contributed by atoms with Crippen LogP contribution in [0.4, 0.5) is 0 Å². The lowest BCUT2D eigenvalue weighted by atomic mass is 10.0. The number of carbonyl (C=O) groups is 2. The van der Waals surface area contributed by atoms with E-state index in [1.54, 1.807) is 6.92 Å². The predicted molar refractivity (Wildman–Crippen MR) is 47.7 cm³/mol. The minimum absolute atomic E-state index is 0.0452. The van der Waals surface area contributed by atoms with Crippen molar-refractivity contribution >= 4 is 11.8 Å². The molecule has 0 aromatic heterocycles. The topological polar surface area (TPSA) is 92.4 Å². The van der Waals surface area contributed by atoms with E-state index >= 15 is 0 Å². The molecule has 0 radical (unpaired) electrons. The van der Waals surface area contributed by atoms with Crippen molar-refractivity contribution in [1.82, 2.24) is 5.32 Å². The van der Waals surface area contributed by atoms with Gasteiger partial charge in [0.1, 0.15) is 0 Å². The molecule has 4 N–H and O–H groups in total. The van der Waals surface area contributed by atoms with Crippen molar-refractivity contribution in [3.8, 4) is 0 Å². The van der Waals surface area contributed by atoms with Crippen LogP contribution in [-0.4, -0.2) is 30.1 Å². The Bertz CT molecular complexity index is 182. The van der Waals surface area contributed by atoms with Gasteiger partial charge in [0, 0.05) is 19.4 Å². The number of nitrogens with one attached hydrogen (secondary N) is 1. The van der Waals surface area contributed by atoms with Crippen molar-refractivity contribution in [2.24, 2.45) is 11.7 Å². The largest absolute Gasteiger partial charge is 0.395 e. The van der Waals surface area contributed by atoms with Gasteiger partial charge in [-0.3, -0.25) is 9.59 Å². The average molecular weight is 188 g/mol. The highest BCUT2D eigenvalue weighted by Gasteiger charge is 2.10. The highest BCUT2D eigenvalue weighted by Crippen LogP contribution is 2.05. The first-order chi connectivity index (χ1) is 6.06. The van der Waals surface area contributed by atoms with Gasteiger partial charge in [0.25, 0.3) is 0 Å². The molecule has 2 amide bonds. The van der Waals surface area contributed by atoms with E-state index in [2.05, 4.69) is 5.32 Å². The van der Waals surface area contributed by atoms with Crippen molar-refractivity contribution in [3.05, 3.63) is 0 Å². The number of amides is 2. The smallest absolute Gasteiger partial charge is 0.220 e. The Hall–Kier alpha value is -1.10. The second kappa shape index (κ2) is 6.42. The van der Waals surface area contributed by atoms with Gasteiger partial charge in [0.05, 0.1) is 6.61 Å². The van der Waals surface area contributed by atoms with E-state index in [9.17, 15) is 9.59 Å². The van der Waals surface area contributed by atoms with Gasteiger partial charge in [-0.25, -0.2) is 0 Å². The molecule has 0 rings (SSSR count). The summed E-state index contributed by atoms with van der Waals surface area (Å²) in [7, 11) is 0. The Morgan fingerprint density at radius 1 is 1.46 bits per heavy atom. The van der Waals surface area contributed by atoms with Crippen LogP contribution in [0.15, 0.2) is 0 Å². The predicted octanol–water partition coefficient (Wildman–Crippen LogP) is -1.00. The van der Waals surface area contributed by atoms with E-state index in [0.29, 0.717) is 0 Å². The number of rotatable bonds is 6. The molecular weight excluding hydrogens is 172 g/mol. The number of aliphatic hydroxyl groups is 1. The molecule has 0 unspecified atom stereocenters. The number of aliphatic hydroxyl groups excluding tert-OH is 1. The first-order valence-corrected chi connectivity index (χ1v) is 4.22. The van der Waals surface area contributed by atoms with Crippen LogP contribution < -0.4 is 11.1 Å². The van der Waals surface area contributed by atoms with Crippen molar-refractivity contribution in [1.29, 1.82) is 0 Å². The maximum atomic E-state index is 11.0. The maximum Gasteiger partial charge on any atom is 0.220 e. The zero-order valence-electron chi connectivity index (χ0n) is 7.75. The average Bonchev–Trinajstić information content (AvgIpc) is 1.98. The molecule has 76 valence electrons. The third kappa shape index (κ3) is 7.27. The summed E-state index contributed by atoms with van der Waals surface area (Å²) in [5.41, 5.74) is 4.96. The molecule has 13 heavy (non-hydrogen) atoms. The van der Waals surface area contributed by atoms with Crippen LogP contribution in [-0.2, 0) is 9.59 Å². The fourth-order valence-corrected chi connectivity index (χ4v) is 1.000. The highest BCUT2D eigenvalue weighted by atomic mass is 16.3. The highest BCUT2D eigenvalue weighted by molar-refractivity contribution is 5.78. The summed E-state index contributed by atoms with van der Waals surface area (Å²) in [6, 6.07) is 0. The molecule has 0 aliphatic heterocycles. The summed E-state index contributed by atoms with van der Waals surface area (Å²) in [5.74, 6) is -0.610. The molecule has 0 heterocycles. The molecule has 0 spiro atoms. The third-order valence-corrected chi connectivity index (χ3v) is 1.52. The van der Waals surface area contributed by atoms with Crippen LogP contribution in [0, 0.1) is 5.92 Å². The summed E-state index contributed by atoms with van der Waals surface area (Å²) in [6.45, 7) is 1.96. The first-order valence-electron chi connectivity index (χ1n) is 4.22. The molecule has 0 saturated carbocycles. The van der Waals surface area contributed by atoms with Gasteiger partial charge >= 0.3 is 0 Å². The van der Waals surface area contributed by atoms with Crippen LogP contribution in [0.5, 0.6) is 0 Å². The molecule has 0 aromatic rings. The van der Waals surface area contributed by atoms with Gasteiger partial charge in [-0.15, -0.1) is 0 Å². The Balaban J connectivity index is 3.59. The number of carbonyl (C=O) groups excluding carboxylic acids is 2. The van der Waals surface area contributed by atoms with E-state index in [1.807, 2.05) is 0 Å². The minimum atomic E-state index is -0.401. The van der Waals surface area contributed by atoms with Crippen molar-refractivity contribution in [2.45, 2.75) is 19.8 Å². The molecular formula is C8H16N2O3. The standard InChI is InChI=1S/C8H16N2O3/c1-6(4-7(9)12)5-8(13)10-2-3-11/h6,11H,2-5H2,1H3,(H2,9,12)(H,10,13)/t6-/m1/s1. The summed E-state index contributed by atoms with van der Waals surface area (Å²) in [5, 5.41) is 10.9. The Morgan fingerprint density at radius 2 is 2.08 bits per heavy atom. The summed E-state index contributed by atoms with van der Waals surface area (Å²) < 4.78 is 0. The van der Waals surface area contributed by atoms with E-state index < -0.39 is 5.91 Å². The number of hydrogen-bond donors (Lipinski definition) is 3. The third-order valence-electron chi connectivity index (χ3n) is 1.52. The molecule has 0 aliphatic carbocycles. The lowest BCUT2D eigenvalue weighted by molar-refractivity contribution is -0.122. The molecule has 0 fully saturated rings. The van der Waals surface area contributed by atoms with Gasteiger partial charge in [0.15, 0.2) is 0 Å². The van der Waals surface area contributed by atoms with Gasteiger partial charge < -0.3 is 16.2 Å². The molecule has 5 nitrogen and oxygen atoms in total. The van der Waals surface area contributed by atoms with Crippen LogP contribution in [0.2, 0.25) is 0 Å². The first kappa shape index (κ1) is 11.9. The van der Waals surface area contributed by atoms with E-state index in [4.69, 9.17) is 10.8 Å². The van der Waals surface area contributed by atoms with Crippen LogP contribution in [0.25, 0.3) is 0 Å². The maximum absolute atomic E-state index is 11.0. The summed E-state index contributed by atoms with van der Waals surface area (Å²) >= 11 is 0. The van der Waals surface area contributed by atoms with Crippen LogP contribution in [0.1, 0.15) is 19.8 Å². The molecule has 0 aromatic carbocycles. The van der Waals surface area contributed by atoms with E-state index in [1.165, 1.54) is 0 Å². The zero-order valence-corrected chi connectivity index (χ0v) is 7.75. The molecule has 1 atom stereocenters. The SMILES string of the molecule is C[C@H](CC(N)=O)CC(=O)NCCO. The fourth-order valence-electron chi connectivity index (χ4n) is 1.000. The monoisotopic (exact) mass is 188 g/mol. The Morgan fingerprint density at radius 3 is 2.54 bits per heavy atom. The van der Waals surface area contributed by atoms with Crippen molar-refractivity contribution in [3.63, 3.8) is 0 Å². The quantitative estimate of drug-likeness (QED) is 0.499. The zero-order chi connectivity index (χ0) is 10.3. The normalized spacial score (nSPS) is 12.2. The minimum Gasteiger partial charge on any atom is -0.395 e. The van der Waals surface area contributed by atoms with Gasteiger partial charge in [-0.1, -0.05) is 6.92 Å². The number of nitrogens with two attached hydrogens (primary N) is 1. The van der Waals surface area contributed by atoms with Gasteiger partial charge in [0.2, 0.25) is 11.8 Å². The van der Waals surface area contributed by atoms with Crippen LogP contribution in [0.3, 0.4) is 0 Å². The van der Waals surface area contributed by atoms with Gasteiger partial charge in [-0.2, -0.15) is 0 Å². The summed E-state index contributed by atoms with van der Waals surface area (Å²) in [6.07, 6.45) is 0.482. The number of hydrogen-bond acceptors (Lipinski definition) is 3.